The monoisotopic (exact) mass is 504 g/mol. The number of carbonyl (C=O) groups excluding carboxylic acids is 1. The van der Waals surface area contributed by atoms with Gasteiger partial charge in [0.15, 0.2) is 5.96 Å². The molecule has 0 radical (unpaired) electrons. The van der Waals surface area contributed by atoms with Crippen LogP contribution >= 0.6 is 24.0 Å². The number of rotatable bonds is 11. The van der Waals surface area contributed by atoms with Gasteiger partial charge in [0.25, 0.3) is 0 Å². The summed E-state index contributed by atoms with van der Waals surface area (Å²) in [6.07, 6.45) is 1.52. The van der Waals surface area contributed by atoms with E-state index in [9.17, 15) is 4.79 Å². The van der Waals surface area contributed by atoms with Crippen molar-refractivity contribution in [3.63, 3.8) is 0 Å². The van der Waals surface area contributed by atoms with E-state index in [0.29, 0.717) is 13.0 Å². The Morgan fingerprint density at radius 1 is 1.11 bits per heavy atom. The molecule has 0 saturated heterocycles. The second-order valence-corrected chi connectivity index (χ2v) is 6.56. The van der Waals surface area contributed by atoms with Crippen molar-refractivity contribution in [2.75, 3.05) is 32.7 Å². The van der Waals surface area contributed by atoms with Gasteiger partial charge in [0.2, 0.25) is 5.91 Å². The van der Waals surface area contributed by atoms with E-state index in [4.69, 9.17) is 4.74 Å². The highest BCUT2D eigenvalue weighted by molar-refractivity contribution is 14.0. The molecule has 0 bridgehead atoms. The van der Waals surface area contributed by atoms with Crippen LogP contribution in [0, 0.1) is 0 Å². The Morgan fingerprint density at radius 3 is 2.29 bits per heavy atom. The number of amides is 1. The molecule has 0 unspecified atom stereocenters. The molecule has 0 spiro atoms. The number of guanidine groups is 1. The Hall–Kier alpha value is -1.51. The van der Waals surface area contributed by atoms with Gasteiger partial charge in [-0.1, -0.05) is 12.1 Å². The topological polar surface area (TPSA) is 66.0 Å². The number of hydrogen-bond acceptors (Lipinski definition) is 3. The Labute approximate surface area is 187 Å². The van der Waals surface area contributed by atoms with Crippen LogP contribution in [0.2, 0.25) is 0 Å². The van der Waals surface area contributed by atoms with Gasteiger partial charge in [0, 0.05) is 32.6 Å². The predicted octanol–water partition coefficient (Wildman–Crippen LogP) is 3.45. The minimum Gasteiger partial charge on any atom is -0.491 e. The zero-order chi connectivity index (χ0) is 20.1. The van der Waals surface area contributed by atoms with Gasteiger partial charge in [-0.2, -0.15) is 0 Å². The summed E-state index contributed by atoms with van der Waals surface area (Å²) in [6.45, 7) is 13.6. The van der Waals surface area contributed by atoms with E-state index in [0.717, 1.165) is 44.3 Å². The molecule has 1 amide bonds. The second kappa shape index (κ2) is 15.4. The number of ether oxygens (including phenoxy) is 1. The lowest BCUT2D eigenvalue weighted by molar-refractivity contribution is -0.130. The molecule has 28 heavy (non-hydrogen) atoms. The van der Waals surface area contributed by atoms with Crippen LogP contribution in [0.25, 0.3) is 0 Å². The van der Waals surface area contributed by atoms with Crippen molar-refractivity contribution in [1.82, 2.24) is 15.5 Å². The van der Waals surface area contributed by atoms with Crippen LogP contribution in [0.1, 0.15) is 46.6 Å². The van der Waals surface area contributed by atoms with Crippen molar-refractivity contribution in [3.8, 4) is 5.75 Å². The summed E-state index contributed by atoms with van der Waals surface area (Å²) in [5.41, 5.74) is 1.24. The molecule has 0 saturated carbocycles. The molecule has 1 aromatic carbocycles. The molecule has 2 N–H and O–H groups in total. The zero-order valence-electron chi connectivity index (χ0n) is 18.0. The van der Waals surface area contributed by atoms with Crippen LogP contribution < -0.4 is 15.4 Å². The van der Waals surface area contributed by atoms with E-state index in [1.165, 1.54) is 5.56 Å². The van der Waals surface area contributed by atoms with Crippen LogP contribution in [-0.2, 0) is 11.2 Å². The molecule has 0 aromatic heterocycles. The Morgan fingerprint density at radius 2 is 1.75 bits per heavy atom. The maximum Gasteiger partial charge on any atom is 0.224 e. The normalized spacial score (nSPS) is 11.0. The first kappa shape index (κ1) is 26.5. The standard InChI is InChI=1S/C21H36N4O2.HI/c1-6-22-21(24-16-14-20(26)25(7-2)8-3)23-15-13-18-9-11-19(12-10-18)27-17(4)5;/h9-12,17H,6-8,13-16H2,1-5H3,(H2,22,23,24);1H. The van der Waals surface area contributed by atoms with Crippen molar-refractivity contribution in [1.29, 1.82) is 0 Å². The molecule has 7 heteroatoms. The molecule has 0 aliphatic heterocycles. The molecule has 1 aromatic rings. The van der Waals surface area contributed by atoms with E-state index in [2.05, 4.69) is 27.8 Å². The fourth-order valence-electron chi connectivity index (χ4n) is 2.67. The van der Waals surface area contributed by atoms with Gasteiger partial charge in [0.05, 0.1) is 12.6 Å². The highest BCUT2D eigenvalue weighted by Crippen LogP contribution is 2.13. The van der Waals surface area contributed by atoms with Crippen LogP contribution in [0.5, 0.6) is 5.75 Å². The van der Waals surface area contributed by atoms with E-state index in [1.54, 1.807) is 0 Å². The summed E-state index contributed by atoms with van der Waals surface area (Å²) >= 11 is 0. The van der Waals surface area contributed by atoms with E-state index >= 15 is 0 Å². The van der Waals surface area contributed by atoms with Crippen LogP contribution in [-0.4, -0.2) is 55.6 Å². The molecule has 160 valence electrons. The summed E-state index contributed by atoms with van der Waals surface area (Å²) < 4.78 is 5.66. The van der Waals surface area contributed by atoms with Crippen LogP contribution in [0.3, 0.4) is 0 Å². The van der Waals surface area contributed by atoms with Gasteiger partial charge >= 0.3 is 0 Å². The maximum absolute atomic E-state index is 12.0. The van der Waals surface area contributed by atoms with Gasteiger partial charge in [-0.25, -0.2) is 0 Å². The van der Waals surface area contributed by atoms with Gasteiger partial charge in [-0.3, -0.25) is 9.79 Å². The third-order valence-electron chi connectivity index (χ3n) is 4.06. The summed E-state index contributed by atoms with van der Waals surface area (Å²) in [6, 6.07) is 8.19. The lowest BCUT2D eigenvalue weighted by Gasteiger charge is -2.18. The van der Waals surface area contributed by atoms with Gasteiger partial charge < -0.3 is 20.3 Å². The molecular weight excluding hydrogens is 467 g/mol. The fraction of sp³-hybridized carbons (Fsp3) is 0.619. The largest absolute Gasteiger partial charge is 0.491 e. The number of aliphatic imine (C=N–C) groups is 1. The number of carbonyl (C=O) groups is 1. The molecule has 0 heterocycles. The van der Waals surface area contributed by atoms with Gasteiger partial charge in [-0.05, 0) is 58.7 Å². The number of nitrogens with zero attached hydrogens (tertiary/aromatic N) is 2. The summed E-state index contributed by atoms with van der Waals surface area (Å²) in [4.78, 5) is 18.4. The lowest BCUT2D eigenvalue weighted by atomic mass is 10.1. The van der Waals surface area contributed by atoms with Crippen molar-refractivity contribution < 1.29 is 9.53 Å². The lowest BCUT2D eigenvalue weighted by Crippen LogP contribution is -2.38. The van der Waals surface area contributed by atoms with Crippen molar-refractivity contribution in [2.24, 2.45) is 4.99 Å². The maximum atomic E-state index is 12.0. The Bertz CT molecular complexity index is 572. The average molecular weight is 504 g/mol. The van der Waals surface area contributed by atoms with Crippen LogP contribution in [0.15, 0.2) is 29.3 Å². The molecule has 0 aliphatic carbocycles. The minimum absolute atomic E-state index is 0. The zero-order valence-corrected chi connectivity index (χ0v) is 20.3. The number of halogens is 1. The fourth-order valence-corrected chi connectivity index (χ4v) is 2.67. The first-order chi connectivity index (χ1) is 13.0. The quantitative estimate of drug-likeness (QED) is 0.275. The molecule has 1 rings (SSSR count). The van der Waals surface area contributed by atoms with E-state index in [-0.39, 0.29) is 36.0 Å². The molecule has 0 aliphatic rings. The third-order valence-corrected chi connectivity index (χ3v) is 4.06. The molecule has 6 nitrogen and oxygen atoms in total. The van der Waals surface area contributed by atoms with Crippen molar-refractivity contribution in [2.45, 2.75) is 53.6 Å². The first-order valence-electron chi connectivity index (χ1n) is 10.1. The van der Waals surface area contributed by atoms with Crippen molar-refractivity contribution in [3.05, 3.63) is 29.8 Å². The average Bonchev–Trinajstić information content (AvgIpc) is 2.63. The van der Waals surface area contributed by atoms with E-state index in [1.807, 2.05) is 51.7 Å². The summed E-state index contributed by atoms with van der Waals surface area (Å²) in [5, 5.41) is 6.55. The number of nitrogens with one attached hydrogen (secondary N) is 2. The number of hydrogen-bond donors (Lipinski definition) is 2. The summed E-state index contributed by atoms with van der Waals surface area (Å²) in [5.74, 6) is 1.81. The third kappa shape index (κ3) is 10.7. The Kier molecular flexibility index (Phi) is 14.6. The molecular formula is C21H37IN4O2. The number of benzene rings is 1. The van der Waals surface area contributed by atoms with E-state index < -0.39 is 0 Å². The smallest absolute Gasteiger partial charge is 0.224 e. The highest BCUT2D eigenvalue weighted by Gasteiger charge is 2.08. The predicted molar refractivity (Wildman–Crippen MR) is 128 cm³/mol. The molecule has 0 atom stereocenters. The van der Waals surface area contributed by atoms with Crippen molar-refractivity contribution >= 4 is 35.8 Å². The molecule has 0 fully saturated rings. The van der Waals surface area contributed by atoms with Crippen LogP contribution in [0.4, 0.5) is 0 Å². The minimum atomic E-state index is 0. The highest BCUT2D eigenvalue weighted by atomic mass is 127. The second-order valence-electron chi connectivity index (χ2n) is 6.56. The van der Waals surface area contributed by atoms with Gasteiger partial charge in [0.1, 0.15) is 5.75 Å². The van der Waals surface area contributed by atoms with Gasteiger partial charge in [-0.15, -0.1) is 24.0 Å². The SMILES string of the molecule is CCNC(=NCCC(=O)N(CC)CC)NCCc1ccc(OC(C)C)cc1.I. The summed E-state index contributed by atoms with van der Waals surface area (Å²) in [7, 11) is 0. The first-order valence-corrected chi connectivity index (χ1v) is 10.1. The Balaban J connectivity index is 0.00000729.